The second kappa shape index (κ2) is 2.15. The van der Waals surface area contributed by atoms with Crippen LogP contribution in [-0.2, 0) is 4.79 Å². The van der Waals surface area contributed by atoms with Gasteiger partial charge in [0.25, 0.3) is 0 Å². The van der Waals surface area contributed by atoms with E-state index in [0.717, 1.165) is 0 Å². The fourth-order valence-electron chi connectivity index (χ4n) is 0. The van der Waals surface area contributed by atoms with Crippen LogP contribution in [0.1, 0.15) is 0 Å². The first-order valence-electron chi connectivity index (χ1n) is 1.09. The third-order valence-electron chi connectivity index (χ3n) is 0.160. The predicted octanol–water partition coefficient (Wildman–Crippen LogP) is 1.09. The fraction of sp³-hybridized carbons (Fsp3) is 0. The number of halogens is 1. The molecule has 0 aromatic carbocycles. The molecule has 0 aromatic rings. The van der Waals surface area contributed by atoms with E-state index in [9.17, 15) is 4.79 Å². The molecule has 0 radical (unpaired) electrons. The van der Waals surface area contributed by atoms with Gasteiger partial charge in [-0.05, 0) is 22.0 Å². The highest BCUT2D eigenvalue weighted by Crippen LogP contribution is 1.79. The molecule has 0 N–H and O–H groups in total. The lowest BCUT2D eigenvalue weighted by Gasteiger charge is -1.59. The second-order valence-electron chi connectivity index (χ2n) is 0.508. The summed E-state index contributed by atoms with van der Waals surface area (Å²) in [5.41, 5.74) is 0. The summed E-state index contributed by atoms with van der Waals surface area (Å²) >= 11 is 2.62. The van der Waals surface area contributed by atoms with Crippen molar-refractivity contribution in [2.24, 2.45) is 0 Å². The highest BCUT2D eigenvalue weighted by molar-refractivity contribution is 9.18. The minimum atomic E-state index is -0.169. The Morgan fingerprint density at radius 1 is 2.00 bits per heavy atom. The molecular formula is C3H3BrO. The molecule has 5 heavy (non-hydrogen) atoms. The van der Waals surface area contributed by atoms with E-state index >= 15 is 0 Å². The topological polar surface area (TPSA) is 17.1 Å². The molecule has 2 heteroatoms. The van der Waals surface area contributed by atoms with Gasteiger partial charge in [-0.2, -0.15) is 0 Å². The van der Waals surface area contributed by atoms with Gasteiger partial charge in [0.2, 0.25) is 4.69 Å². The Kier molecular flexibility index (Phi) is 2.10. The van der Waals surface area contributed by atoms with Gasteiger partial charge in [0.1, 0.15) is 0 Å². The van der Waals surface area contributed by atoms with Crippen LogP contribution in [0.15, 0.2) is 12.7 Å². The Morgan fingerprint density at radius 3 is 2.20 bits per heavy atom. The van der Waals surface area contributed by atoms with Crippen LogP contribution in [0.2, 0.25) is 0 Å². The number of carbonyl (C=O) groups excluding carboxylic acids is 1. The number of carbonyl (C=O) groups is 1. The lowest BCUT2D eigenvalue weighted by atomic mass is 10.7. The first kappa shape index (κ1) is 4.89. The molecule has 0 aliphatic heterocycles. The van der Waals surface area contributed by atoms with Gasteiger partial charge in [-0.3, -0.25) is 4.79 Å². The first-order chi connectivity index (χ1) is 2.27. The summed E-state index contributed by atoms with van der Waals surface area (Å²) < 4.78 is -0.169. The van der Waals surface area contributed by atoms with Crippen molar-refractivity contribution < 1.29 is 4.79 Å². The zero-order chi connectivity index (χ0) is 4.28. The zero-order valence-corrected chi connectivity index (χ0v) is 4.16. The molecule has 1 nitrogen and oxygen atoms in total. The van der Waals surface area contributed by atoms with Crippen molar-refractivity contribution in [3.05, 3.63) is 12.7 Å². The molecule has 0 saturated heterocycles. The summed E-state index contributed by atoms with van der Waals surface area (Å²) in [6, 6.07) is 0. The first-order valence-corrected chi connectivity index (χ1v) is 1.88. The lowest BCUT2D eigenvalue weighted by Crippen LogP contribution is -1.66. The third kappa shape index (κ3) is 3.89. The molecule has 0 aliphatic carbocycles. The third-order valence-corrected chi connectivity index (χ3v) is 0.484. The van der Waals surface area contributed by atoms with Gasteiger partial charge in [0.05, 0.1) is 0 Å². The van der Waals surface area contributed by atoms with Crippen LogP contribution >= 0.6 is 15.9 Å². The van der Waals surface area contributed by atoms with E-state index < -0.39 is 0 Å². The van der Waals surface area contributed by atoms with E-state index in [-0.39, 0.29) is 4.69 Å². The van der Waals surface area contributed by atoms with Gasteiger partial charge in [0, 0.05) is 0 Å². The van der Waals surface area contributed by atoms with Crippen LogP contribution in [0.25, 0.3) is 0 Å². The SMILES string of the molecule is C=CC(=O)Br. The Balaban J connectivity index is 3.20. The molecule has 0 unspecified atom stereocenters. The summed E-state index contributed by atoms with van der Waals surface area (Å²) in [5, 5.41) is 0. The molecule has 0 bridgehead atoms. The van der Waals surface area contributed by atoms with Gasteiger partial charge < -0.3 is 0 Å². The van der Waals surface area contributed by atoms with Crippen LogP contribution in [-0.4, -0.2) is 4.69 Å². The zero-order valence-electron chi connectivity index (χ0n) is 2.57. The van der Waals surface area contributed by atoms with Crippen LogP contribution < -0.4 is 0 Å². The molecule has 0 heterocycles. The van der Waals surface area contributed by atoms with Gasteiger partial charge in [-0.25, -0.2) is 0 Å². The van der Waals surface area contributed by atoms with Crippen molar-refractivity contribution in [1.82, 2.24) is 0 Å². The Labute approximate surface area is 38.8 Å². The van der Waals surface area contributed by atoms with Crippen LogP contribution in [0, 0.1) is 0 Å². The molecule has 0 amide bonds. The molecule has 0 aliphatic rings. The fourth-order valence-corrected chi connectivity index (χ4v) is 0. The van der Waals surface area contributed by atoms with Crippen molar-refractivity contribution in [2.75, 3.05) is 0 Å². The maximum Gasteiger partial charge on any atom is 0.220 e. The van der Waals surface area contributed by atoms with Crippen molar-refractivity contribution >= 4 is 20.6 Å². The highest BCUT2D eigenvalue weighted by Gasteiger charge is 1.73. The lowest BCUT2D eigenvalue weighted by molar-refractivity contribution is -0.106. The van der Waals surface area contributed by atoms with Crippen molar-refractivity contribution in [2.45, 2.75) is 0 Å². The van der Waals surface area contributed by atoms with E-state index in [1.807, 2.05) is 0 Å². The summed E-state index contributed by atoms with van der Waals surface area (Å²) in [4.78, 5) is 9.61. The normalized spacial score (nSPS) is 6.60. The van der Waals surface area contributed by atoms with Crippen molar-refractivity contribution in [3.63, 3.8) is 0 Å². The minimum absolute atomic E-state index is 0.169. The Bertz CT molecular complexity index is 57.9. The van der Waals surface area contributed by atoms with Gasteiger partial charge in [-0.1, -0.05) is 6.58 Å². The molecule has 28 valence electrons. The van der Waals surface area contributed by atoms with E-state index in [0.29, 0.717) is 0 Å². The molecule has 0 rings (SSSR count). The maximum absolute atomic E-state index is 9.61. The average Bonchev–Trinajstić information content (AvgIpc) is 1.38. The smallest absolute Gasteiger partial charge is 0.220 e. The monoisotopic (exact) mass is 134 g/mol. The molecule has 0 aromatic heterocycles. The van der Waals surface area contributed by atoms with Gasteiger partial charge in [0.15, 0.2) is 0 Å². The van der Waals surface area contributed by atoms with Crippen LogP contribution in [0.3, 0.4) is 0 Å². The quantitative estimate of drug-likeness (QED) is 0.388. The number of allylic oxidation sites excluding steroid dienone is 1. The average molecular weight is 135 g/mol. The Hall–Kier alpha value is -0.110. The molecule has 0 atom stereocenters. The number of hydrogen-bond acceptors (Lipinski definition) is 1. The van der Waals surface area contributed by atoms with Crippen molar-refractivity contribution in [3.8, 4) is 0 Å². The summed E-state index contributed by atoms with van der Waals surface area (Å²) in [6.07, 6.45) is 1.19. The standard InChI is InChI=1S/C3H3BrO/c1-2-3(4)5/h2H,1H2. The maximum atomic E-state index is 9.61. The van der Waals surface area contributed by atoms with E-state index in [4.69, 9.17) is 0 Å². The molecular weight excluding hydrogens is 132 g/mol. The van der Waals surface area contributed by atoms with E-state index in [1.165, 1.54) is 6.08 Å². The molecule has 0 spiro atoms. The highest BCUT2D eigenvalue weighted by atomic mass is 79.9. The van der Waals surface area contributed by atoms with Gasteiger partial charge in [-0.15, -0.1) is 0 Å². The second-order valence-corrected chi connectivity index (χ2v) is 1.29. The number of hydrogen-bond donors (Lipinski definition) is 0. The largest absolute Gasteiger partial charge is 0.282 e. The van der Waals surface area contributed by atoms with E-state index in [1.54, 1.807) is 0 Å². The predicted molar refractivity (Wildman–Crippen MR) is 24.1 cm³/mol. The number of rotatable bonds is 1. The summed E-state index contributed by atoms with van der Waals surface area (Å²) in [6.45, 7) is 3.16. The molecule has 0 saturated carbocycles. The van der Waals surface area contributed by atoms with Crippen LogP contribution in [0.4, 0.5) is 0 Å². The summed E-state index contributed by atoms with van der Waals surface area (Å²) in [5.74, 6) is 0. The Morgan fingerprint density at radius 2 is 2.20 bits per heavy atom. The summed E-state index contributed by atoms with van der Waals surface area (Å²) in [7, 11) is 0. The van der Waals surface area contributed by atoms with Crippen molar-refractivity contribution in [1.29, 1.82) is 0 Å². The van der Waals surface area contributed by atoms with E-state index in [2.05, 4.69) is 22.5 Å². The minimum Gasteiger partial charge on any atom is -0.282 e. The van der Waals surface area contributed by atoms with Crippen LogP contribution in [0.5, 0.6) is 0 Å². The molecule has 0 fully saturated rings. The van der Waals surface area contributed by atoms with Gasteiger partial charge >= 0.3 is 0 Å².